The van der Waals surface area contributed by atoms with Crippen molar-refractivity contribution >= 4 is 11.4 Å². The second-order valence-electron chi connectivity index (χ2n) is 7.71. The van der Waals surface area contributed by atoms with E-state index in [1.807, 2.05) is 6.07 Å². The van der Waals surface area contributed by atoms with Crippen molar-refractivity contribution in [2.24, 2.45) is 0 Å². The lowest BCUT2D eigenvalue weighted by atomic mass is 9.88. The summed E-state index contributed by atoms with van der Waals surface area (Å²) in [5.74, 6) is 0.160. The first-order valence-corrected chi connectivity index (χ1v) is 10.3. The summed E-state index contributed by atoms with van der Waals surface area (Å²) >= 11 is 0. The van der Waals surface area contributed by atoms with Gasteiger partial charge in [-0.3, -0.25) is 9.69 Å². The molecular formula is C23H26N4O2. The van der Waals surface area contributed by atoms with Gasteiger partial charge in [-0.05, 0) is 54.0 Å². The Morgan fingerprint density at radius 3 is 2.86 bits per heavy atom. The minimum Gasteiger partial charge on any atom is -0.379 e. The van der Waals surface area contributed by atoms with E-state index in [-0.39, 0.29) is 18.0 Å². The van der Waals surface area contributed by atoms with Crippen LogP contribution in [0.2, 0.25) is 0 Å². The lowest BCUT2D eigenvalue weighted by Gasteiger charge is -2.27. The number of allylic oxidation sites excluding steroid dienone is 2. The number of morpholine rings is 1. The second-order valence-corrected chi connectivity index (χ2v) is 7.71. The quantitative estimate of drug-likeness (QED) is 0.764. The fourth-order valence-corrected chi connectivity index (χ4v) is 4.05. The average molecular weight is 390 g/mol. The number of hydrogen-bond donors (Lipinski definition) is 1. The van der Waals surface area contributed by atoms with Gasteiger partial charge >= 0.3 is 0 Å². The maximum Gasteiger partial charge on any atom is 0.202 e. The highest BCUT2D eigenvalue weighted by atomic mass is 16.5. The summed E-state index contributed by atoms with van der Waals surface area (Å²) in [4.78, 5) is 22.0. The number of hydrogen-bond acceptors (Lipinski definition) is 5. The number of carbonyl (C=O) groups is 1. The molecule has 29 heavy (non-hydrogen) atoms. The largest absolute Gasteiger partial charge is 0.379 e. The molecule has 1 aliphatic heterocycles. The molecule has 150 valence electrons. The molecule has 0 bridgehead atoms. The van der Waals surface area contributed by atoms with E-state index in [2.05, 4.69) is 39.1 Å². The number of ether oxygens (including phenoxy) is 1. The Labute approximate surface area is 171 Å². The topological polar surface area (TPSA) is 82.0 Å². The summed E-state index contributed by atoms with van der Waals surface area (Å²) in [6.07, 6.45) is 8.59. The van der Waals surface area contributed by atoms with Crippen LogP contribution in [-0.2, 0) is 17.7 Å². The van der Waals surface area contributed by atoms with Crippen molar-refractivity contribution in [3.8, 4) is 6.07 Å². The van der Waals surface area contributed by atoms with Crippen molar-refractivity contribution < 1.29 is 9.53 Å². The summed E-state index contributed by atoms with van der Waals surface area (Å²) in [5.41, 5.74) is 5.15. The standard InChI is InChI=1S/C23H26N4O2/c24-14-20-15-25-23(26-20)22(28)13-19-7-6-17(16-27-8-10-29-11-9-27)12-21(19)18-4-2-1-3-5-18/h4,6-7,12,15H,1-3,5,8-11,13,16H2,(H,25,26). The van der Waals surface area contributed by atoms with Crippen molar-refractivity contribution in [3.63, 3.8) is 0 Å². The van der Waals surface area contributed by atoms with Gasteiger partial charge in [0, 0.05) is 26.1 Å². The molecule has 0 spiro atoms. The summed E-state index contributed by atoms with van der Waals surface area (Å²) < 4.78 is 5.45. The van der Waals surface area contributed by atoms with Crippen molar-refractivity contribution in [1.82, 2.24) is 14.9 Å². The smallest absolute Gasteiger partial charge is 0.202 e. The first-order chi connectivity index (χ1) is 14.2. The number of nitriles is 1. The highest BCUT2D eigenvalue weighted by molar-refractivity contribution is 5.95. The van der Waals surface area contributed by atoms with Crippen molar-refractivity contribution in [2.75, 3.05) is 26.3 Å². The normalized spacial score (nSPS) is 17.6. The molecule has 0 atom stereocenters. The van der Waals surface area contributed by atoms with Crippen LogP contribution in [-0.4, -0.2) is 47.0 Å². The molecule has 1 aromatic heterocycles. The van der Waals surface area contributed by atoms with E-state index in [1.165, 1.54) is 35.7 Å². The van der Waals surface area contributed by atoms with E-state index in [1.54, 1.807) is 0 Å². The van der Waals surface area contributed by atoms with Crippen LogP contribution in [0.15, 0.2) is 30.5 Å². The van der Waals surface area contributed by atoms with Crippen LogP contribution in [0.1, 0.15) is 58.7 Å². The number of nitrogens with one attached hydrogen (secondary N) is 1. The molecule has 4 rings (SSSR count). The molecule has 6 nitrogen and oxygen atoms in total. The van der Waals surface area contributed by atoms with E-state index in [4.69, 9.17) is 10.00 Å². The molecule has 2 aliphatic rings. The highest BCUT2D eigenvalue weighted by Gasteiger charge is 2.18. The van der Waals surface area contributed by atoms with E-state index in [9.17, 15) is 4.79 Å². The average Bonchev–Trinajstić information content (AvgIpc) is 3.26. The van der Waals surface area contributed by atoms with E-state index in [0.717, 1.165) is 51.3 Å². The van der Waals surface area contributed by atoms with Gasteiger partial charge < -0.3 is 9.72 Å². The predicted molar refractivity (Wildman–Crippen MR) is 110 cm³/mol. The van der Waals surface area contributed by atoms with Gasteiger partial charge in [0.1, 0.15) is 11.8 Å². The lowest BCUT2D eigenvalue weighted by Crippen LogP contribution is -2.35. The van der Waals surface area contributed by atoms with Crippen LogP contribution in [0.5, 0.6) is 0 Å². The monoisotopic (exact) mass is 390 g/mol. The first kappa shape index (κ1) is 19.6. The second kappa shape index (κ2) is 9.17. The molecule has 0 amide bonds. The molecule has 1 aliphatic carbocycles. The van der Waals surface area contributed by atoms with Crippen molar-refractivity contribution in [1.29, 1.82) is 5.26 Å². The number of H-pyrrole nitrogens is 1. The van der Waals surface area contributed by atoms with E-state index >= 15 is 0 Å². The highest BCUT2D eigenvalue weighted by Crippen LogP contribution is 2.31. The molecule has 1 saturated heterocycles. The fraction of sp³-hybridized carbons (Fsp3) is 0.435. The number of benzene rings is 1. The van der Waals surface area contributed by atoms with Gasteiger partial charge in [0.25, 0.3) is 0 Å². The van der Waals surface area contributed by atoms with Gasteiger partial charge in [0.05, 0.1) is 19.4 Å². The first-order valence-electron chi connectivity index (χ1n) is 10.3. The van der Waals surface area contributed by atoms with Gasteiger partial charge in [-0.25, -0.2) is 4.98 Å². The maximum atomic E-state index is 12.7. The zero-order valence-electron chi connectivity index (χ0n) is 16.6. The number of imidazole rings is 1. The number of Topliss-reactive ketones (excluding diaryl/α,β-unsaturated/α-hetero) is 1. The molecule has 1 aromatic carbocycles. The van der Waals surface area contributed by atoms with Crippen LogP contribution in [0.4, 0.5) is 0 Å². The predicted octanol–water partition coefficient (Wildman–Crippen LogP) is 3.50. The molecule has 6 heteroatoms. The van der Waals surface area contributed by atoms with Crippen molar-refractivity contribution in [2.45, 2.75) is 38.6 Å². The Morgan fingerprint density at radius 2 is 2.14 bits per heavy atom. The van der Waals surface area contributed by atoms with Gasteiger partial charge in [-0.1, -0.05) is 18.2 Å². The maximum absolute atomic E-state index is 12.7. The van der Waals surface area contributed by atoms with Gasteiger partial charge in [0.2, 0.25) is 5.78 Å². The molecule has 0 radical (unpaired) electrons. The minimum atomic E-state index is -0.0925. The Morgan fingerprint density at radius 1 is 1.28 bits per heavy atom. The molecule has 2 aromatic rings. The molecular weight excluding hydrogens is 364 g/mol. The number of aromatic amines is 1. The molecule has 0 saturated carbocycles. The van der Waals surface area contributed by atoms with Crippen molar-refractivity contribution in [3.05, 3.63) is 58.7 Å². The Hall–Kier alpha value is -2.75. The fourth-order valence-electron chi connectivity index (χ4n) is 4.05. The summed E-state index contributed by atoms with van der Waals surface area (Å²) in [6.45, 7) is 4.40. The molecule has 2 heterocycles. The van der Waals surface area contributed by atoms with Gasteiger partial charge in [0.15, 0.2) is 5.82 Å². The lowest BCUT2D eigenvalue weighted by molar-refractivity contribution is 0.0342. The molecule has 1 fully saturated rings. The van der Waals surface area contributed by atoms with Crippen LogP contribution >= 0.6 is 0 Å². The molecule has 1 N–H and O–H groups in total. The van der Waals surface area contributed by atoms with Gasteiger partial charge in [-0.2, -0.15) is 5.26 Å². The zero-order valence-corrected chi connectivity index (χ0v) is 16.6. The third-order valence-electron chi connectivity index (χ3n) is 5.63. The Bertz CT molecular complexity index is 948. The summed E-state index contributed by atoms with van der Waals surface area (Å²) in [6, 6.07) is 8.47. The summed E-state index contributed by atoms with van der Waals surface area (Å²) in [5, 5.41) is 8.95. The minimum absolute atomic E-state index is 0.0925. The number of ketones is 1. The SMILES string of the molecule is N#Cc1cnc(C(=O)Cc2ccc(CN3CCOCC3)cc2C2=CCCCC2)[nH]1. The Balaban J connectivity index is 1.58. The number of nitrogens with zero attached hydrogens (tertiary/aromatic N) is 3. The van der Waals surface area contributed by atoms with E-state index < -0.39 is 0 Å². The van der Waals surface area contributed by atoms with Gasteiger partial charge in [-0.15, -0.1) is 0 Å². The zero-order chi connectivity index (χ0) is 20.1. The van der Waals surface area contributed by atoms with Crippen LogP contribution < -0.4 is 0 Å². The van der Waals surface area contributed by atoms with E-state index in [0.29, 0.717) is 5.69 Å². The van der Waals surface area contributed by atoms with Crippen LogP contribution in [0.25, 0.3) is 5.57 Å². The van der Waals surface area contributed by atoms with Crippen LogP contribution in [0, 0.1) is 11.3 Å². The Kier molecular flexibility index (Phi) is 6.18. The third-order valence-corrected chi connectivity index (χ3v) is 5.63. The number of rotatable bonds is 6. The third kappa shape index (κ3) is 4.81. The summed E-state index contributed by atoms with van der Waals surface area (Å²) in [7, 11) is 0. The van der Waals surface area contributed by atoms with Crippen LogP contribution in [0.3, 0.4) is 0 Å². The molecule has 0 unspecified atom stereocenters. The number of aromatic nitrogens is 2. The number of carbonyl (C=O) groups excluding carboxylic acids is 1.